The average molecular weight is 369 g/mol. The number of carbonyl (C=O) groups is 1. The molecule has 0 atom stereocenters. The SMILES string of the molecule is CN(CCOc1ccccc1)C(=O)c1ccc(Br)c(Cl)c1. The van der Waals surface area contributed by atoms with Crippen molar-refractivity contribution in [3.63, 3.8) is 0 Å². The summed E-state index contributed by atoms with van der Waals surface area (Å²) in [7, 11) is 1.74. The van der Waals surface area contributed by atoms with Crippen molar-refractivity contribution in [2.45, 2.75) is 0 Å². The Morgan fingerprint density at radius 2 is 1.95 bits per heavy atom. The zero-order valence-electron chi connectivity index (χ0n) is 11.6. The van der Waals surface area contributed by atoms with Gasteiger partial charge in [0.2, 0.25) is 0 Å². The number of benzene rings is 2. The van der Waals surface area contributed by atoms with Crippen LogP contribution in [0.3, 0.4) is 0 Å². The maximum absolute atomic E-state index is 12.2. The van der Waals surface area contributed by atoms with Crippen LogP contribution in [0.2, 0.25) is 5.02 Å². The van der Waals surface area contributed by atoms with E-state index in [1.54, 1.807) is 30.1 Å². The molecule has 5 heteroatoms. The highest BCUT2D eigenvalue weighted by atomic mass is 79.9. The van der Waals surface area contributed by atoms with Crippen molar-refractivity contribution in [2.75, 3.05) is 20.2 Å². The highest BCUT2D eigenvalue weighted by Gasteiger charge is 2.12. The van der Waals surface area contributed by atoms with Gasteiger partial charge in [0.1, 0.15) is 12.4 Å². The summed E-state index contributed by atoms with van der Waals surface area (Å²) < 4.78 is 6.35. The predicted molar refractivity (Wildman–Crippen MR) is 88.0 cm³/mol. The number of carbonyl (C=O) groups excluding carboxylic acids is 1. The third-order valence-corrected chi connectivity index (χ3v) is 4.18. The van der Waals surface area contributed by atoms with Gasteiger partial charge < -0.3 is 9.64 Å². The standard InChI is InChI=1S/C16H15BrClNO2/c1-19(9-10-21-13-5-3-2-4-6-13)16(20)12-7-8-14(17)15(18)11-12/h2-8,11H,9-10H2,1H3. The topological polar surface area (TPSA) is 29.5 Å². The predicted octanol–water partition coefficient (Wildman–Crippen LogP) is 4.25. The molecule has 1 amide bonds. The van der Waals surface area contributed by atoms with Crippen LogP contribution in [-0.4, -0.2) is 31.0 Å². The third kappa shape index (κ3) is 4.48. The van der Waals surface area contributed by atoms with Crippen LogP contribution in [0.1, 0.15) is 10.4 Å². The molecule has 0 N–H and O–H groups in total. The number of likely N-dealkylation sites (N-methyl/N-ethyl adjacent to an activating group) is 1. The Labute approximate surface area is 137 Å². The Balaban J connectivity index is 1.89. The van der Waals surface area contributed by atoms with Gasteiger partial charge in [-0.05, 0) is 46.3 Å². The monoisotopic (exact) mass is 367 g/mol. The number of halogens is 2. The van der Waals surface area contributed by atoms with Crippen LogP contribution in [0.15, 0.2) is 53.0 Å². The van der Waals surface area contributed by atoms with Gasteiger partial charge in [0.05, 0.1) is 11.6 Å². The van der Waals surface area contributed by atoms with Crippen molar-refractivity contribution >= 4 is 33.4 Å². The lowest BCUT2D eigenvalue weighted by Crippen LogP contribution is -2.30. The molecule has 0 saturated carbocycles. The van der Waals surface area contributed by atoms with Crippen molar-refractivity contribution in [3.8, 4) is 5.75 Å². The summed E-state index contributed by atoms with van der Waals surface area (Å²) in [5, 5.41) is 0.523. The fourth-order valence-corrected chi connectivity index (χ4v) is 2.20. The van der Waals surface area contributed by atoms with Gasteiger partial charge in [-0.15, -0.1) is 0 Å². The number of amides is 1. The van der Waals surface area contributed by atoms with E-state index in [0.29, 0.717) is 23.7 Å². The summed E-state index contributed by atoms with van der Waals surface area (Å²) in [4.78, 5) is 13.9. The van der Waals surface area contributed by atoms with E-state index in [-0.39, 0.29) is 5.91 Å². The average Bonchev–Trinajstić information content (AvgIpc) is 2.50. The molecule has 0 radical (unpaired) electrons. The second kappa shape index (κ2) is 7.48. The first kappa shape index (κ1) is 15.9. The Hall–Kier alpha value is -1.52. The Morgan fingerprint density at radius 3 is 2.62 bits per heavy atom. The van der Waals surface area contributed by atoms with Crippen LogP contribution in [0.5, 0.6) is 5.75 Å². The molecule has 110 valence electrons. The van der Waals surface area contributed by atoms with Crippen LogP contribution in [0, 0.1) is 0 Å². The first-order valence-corrected chi connectivity index (χ1v) is 7.63. The lowest BCUT2D eigenvalue weighted by atomic mass is 10.2. The van der Waals surface area contributed by atoms with Gasteiger partial charge in [-0.1, -0.05) is 29.8 Å². The van der Waals surface area contributed by atoms with Gasteiger partial charge in [-0.25, -0.2) is 0 Å². The van der Waals surface area contributed by atoms with Gasteiger partial charge in [0.15, 0.2) is 0 Å². The number of para-hydroxylation sites is 1. The van der Waals surface area contributed by atoms with E-state index in [4.69, 9.17) is 16.3 Å². The van der Waals surface area contributed by atoms with Gasteiger partial charge in [0.25, 0.3) is 5.91 Å². The molecule has 2 aromatic carbocycles. The van der Waals surface area contributed by atoms with Gasteiger partial charge in [-0.2, -0.15) is 0 Å². The molecule has 0 heterocycles. The lowest BCUT2D eigenvalue weighted by molar-refractivity contribution is 0.0774. The van der Waals surface area contributed by atoms with Crippen molar-refractivity contribution < 1.29 is 9.53 Å². The molecule has 2 aromatic rings. The van der Waals surface area contributed by atoms with E-state index in [9.17, 15) is 4.79 Å². The molecule has 0 aliphatic carbocycles. The van der Waals surface area contributed by atoms with Crippen LogP contribution in [-0.2, 0) is 0 Å². The van der Waals surface area contributed by atoms with Crippen molar-refractivity contribution in [3.05, 3.63) is 63.6 Å². The maximum Gasteiger partial charge on any atom is 0.253 e. The van der Waals surface area contributed by atoms with Crippen molar-refractivity contribution in [1.29, 1.82) is 0 Å². The summed E-state index contributed by atoms with van der Waals surface area (Å²) >= 11 is 9.31. The fourth-order valence-electron chi connectivity index (χ4n) is 1.77. The summed E-state index contributed by atoms with van der Waals surface area (Å²) in [5.41, 5.74) is 0.561. The quantitative estimate of drug-likeness (QED) is 0.789. The van der Waals surface area contributed by atoms with Crippen LogP contribution < -0.4 is 4.74 Å². The molecular weight excluding hydrogens is 354 g/mol. The second-order valence-corrected chi connectivity index (χ2v) is 5.78. The number of rotatable bonds is 5. The molecule has 0 aromatic heterocycles. The molecule has 0 unspecified atom stereocenters. The highest BCUT2D eigenvalue weighted by Crippen LogP contribution is 2.23. The van der Waals surface area contributed by atoms with E-state index in [0.717, 1.165) is 10.2 Å². The molecule has 0 bridgehead atoms. The number of hydrogen-bond donors (Lipinski definition) is 0. The molecule has 3 nitrogen and oxygen atoms in total. The minimum atomic E-state index is -0.0824. The molecule has 0 aliphatic heterocycles. The molecular formula is C16H15BrClNO2. The number of hydrogen-bond acceptors (Lipinski definition) is 2. The molecule has 0 fully saturated rings. The zero-order chi connectivity index (χ0) is 15.2. The normalized spacial score (nSPS) is 10.2. The first-order chi connectivity index (χ1) is 10.1. The highest BCUT2D eigenvalue weighted by molar-refractivity contribution is 9.10. The summed E-state index contributed by atoms with van der Waals surface area (Å²) in [6.45, 7) is 0.942. The minimum Gasteiger partial charge on any atom is -0.492 e. The second-order valence-electron chi connectivity index (χ2n) is 4.52. The third-order valence-electron chi connectivity index (χ3n) is 2.95. The summed E-state index contributed by atoms with van der Waals surface area (Å²) in [6, 6.07) is 14.7. The van der Waals surface area contributed by atoms with E-state index in [1.165, 1.54) is 0 Å². The molecule has 0 spiro atoms. The first-order valence-electron chi connectivity index (χ1n) is 6.46. The smallest absolute Gasteiger partial charge is 0.253 e. The fraction of sp³-hybridized carbons (Fsp3) is 0.188. The minimum absolute atomic E-state index is 0.0824. The van der Waals surface area contributed by atoms with Gasteiger partial charge in [0, 0.05) is 17.1 Å². The maximum atomic E-state index is 12.2. The Kier molecular flexibility index (Phi) is 5.65. The van der Waals surface area contributed by atoms with Crippen LogP contribution in [0.4, 0.5) is 0 Å². The van der Waals surface area contributed by atoms with Crippen molar-refractivity contribution in [2.24, 2.45) is 0 Å². The lowest BCUT2D eigenvalue weighted by Gasteiger charge is -2.17. The Morgan fingerprint density at radius 1 is 1.24 bits per heavy atom. The van der Waals surface area contributed by atoms with Crippen molar-refractivity contribution in [1.82, 2.24) is 4.90 Å². The van der Waals surface area contributed by atoms with Crippen LogP contribution in [0.25, 0.3) is 0 Å². The van der Waals surface area contributed by atoms with Crippen LogP contribution >= 0.6 is 27.5 Å². The molecule has 0 saturated heterocycles. The zero-order valence-corrected chi connectivity index (χ0v) is 13.9. The molecule has 0 aliphatic rings. The van der Waals surface area contributed by atoms with E-state index in [1.807, 2.05) is 30.3 Å². The summed E-state index contributed by atoms with van der Waals surface area (Å²) in [6.07, 6.45) is 0. The van der Waals surface area contributed by atoms with Gasteiger partial charge in [-0.3, -0.25) is 4.79 Å². The van der Waals surface area contributed by atoms with E-state index >= 15 is 0 Å². The number of ether oxygens (including phenoxy) is 1. The van der Waals surface area contributed by atoms with E-state index < -0.39 is 0 Å². The van der Waals surface area contributed by atoms with E-state index in [2.05, 4.69) is 15.9 Å². The largest absolute Gasteiger partial charge is 0.492 e. The molecule has 2 rings (SSSR count). The molecule has 21 heavy (non-hydrogen) atoms. The van der Waals surface area contributed by atoms with Gasteiger partial charge >= 0.3 is 0 Å². The Bertz CT molecular complexity index is 619. The number of nitrogens with zero attached hydrogens (tertiary/aromatic N) is 1. The summed E-state index contributed by atoms with van der Waals surface area (Å²) in [5.74, 6) is 0.714.